The van der Waals surface area contributed by atoms with E-state index in [2.05, 4.69) is 20.5 Å². The second-order valence-corrected chi connectivity index (χ2v) is 3.96. The van der Waals surface area contributed by atoms with Gasteiger partial charge in [0.2, 0.25) is 0 Å². The molecule has 2 heterocycles. The van der Waals surface area contributed by atoms with Crippen LogP contribution in [0.5, 0.6) is 0 Å². The molecule has 88 valence electrons. The van der Waals surface area contributed by atoms with E-state index in [1.165, 1.54) is 0 Å². The number of hydrogen-bond acceptors (Lipinski definition) is 3. The van der Waals surface area contributed by atoms with E-state index in [1.54, 1.807) is 18.3 Å². The average molecular weight is 230 g/mol. The lowest BCUT2D eigenvalue weighted by atomic mass is 10.2. The minimum Gasteiger partial charge on any atom is -0.305 e. The summed E-state index contributed by atoms with van der Waals surface area (Å²) in [4.78, 5) is 16.0. The third kappa shape index (κ3) is 2.33. The molecule has 0 saturated carbocycles. The van der Waals surface area contributed by atoms with E-state index in [0.29, 0.717) is 11.4 Å². The smallest absolute Gasteiger partial charge is 0.258 e. The Kier molecular flexibility index (Phi) is 2.91. The van der Waals surface area contributed by atoms with Crippen LogP contribution in [0.25, 0.3) is 0 Å². The molecule has 0 aromatic carbocycles. The predicted octanol–water partition coefficient (Wildman–Crippen LogP) is 1.98. The van der Waals surface area contributed by atoms with Crippen molar-refractivity contribution in [3.63, 3.8) is 0 Å². The van der Waals surface area contributed by atoms with Crippen molar-refractivity contribution in [2.45, 2.75) is 20.8 Å². The summed E-state index contributed by atoms with van der Waals surface area (Å²) in [6.07, 6.45) is 1.56. The maximum absolute atomic E-state index is 11.9. The molecule has 0 spiro atoms. The molecule has 2 N–H and O–H groups in total. The first kappa shape index (κ1) is 11.3. The standard InChI is InChI=1S/C12H14N4O/c1-7-4-5-10(6-13-7)12(17)14-11-8(2)9(3)15-16-11/h4-6H,1-3H3,(H2,14,15,16,17). The molecule has 17 heavy (non-hydrogen) atoms. The minimum absolute atomic E-state index is 0.202. The summed E-state index contributed by atoms with van der Waals surface area (Å²) in [6.45, 7) is 5.69. The number of pyridine rings is 1. The van der Waals surface area contributed by atoms with Crippen LogP contribution in [0.3, 0.4) is 0 Å². The lowest BCUT2D eigenvalue weighted by Gasteiger charge is -2.03. The van der Waals surface area contributed by atoms with Crippen molar-refractivity contribution in [1.82, 2.24) is 15.2 Å². The maximum atomic E-state index is 11.9. The molecule has 0 saturated heterocycles. The molecule has 2 aromatic heterocycles. The van der Waals surface area contributed by atoms with Gasteiger partial charge in [0.25, 0.3) is 5.91 Å². The summed E-state index contributed by atoms with van der Waals surface area (Å²) in [5.74, 6) is 0.361. The van der Waals surface area contributed by atoms with Crippen LogP contribution in [-0.2, 0) is 0 Å². The summed E-state index contributed by atoms with van der Waals surface area (Å²) in [5.41, 5.74) is 3.30. The molecule has 2 aromatic rings. The van der Waals surface area contributed by atoms with E-state index in [-0.39, 0.29) is 5.91 Å². The van der Waals surface area contributed by atoms with E-state index >= 15 is 0 Å². The van der Waals surface area contributed by atoms with Gasteiger partial charge in [-0.3, -0.25) is 14.9 Å². The lowest BCUT2D eigenvalue weighted by molar-refractivity contribution is 0.102. The first-order valence-electron chi connectivity index (χ1n) is 5.33. The Morgan fingerprint density at radius 2 is 2.06 bits per heavy atom. The molecule has 0 aliphatic rings. The second-order valence-electron chi connectivity index (χ2n) is 3.96. The van der Waals surface area contributed by atoms with Gasteiger partial charge in [0.1, 0.15) is 0 Å². The second kappa shape index (κ2) is 4.37. The number of carbonyl (C=O) groups excluding carboxylic acids is 1. The number of H-pyrrole nitrogens is 1. The third-order valence-electron chi connectivity index (χ3n) is 2.66. The highest BCUT2D eigenvalue weighted by atomic mass is 16.1. The van der Waals surface area contributed by atoms with Gasteiger partial charge in [-0.15, -0.1) is 0 Å². The molecule has 0 aliphatic carbocycles. The molecule has 0 unspecified atom stereocenters. The van der Waals surface area contributed by atoms with Crippen LogP contribution in [-0.4, -0.2) is 21.1 Å². The quantitative estimate of drug-likeness (QED) is 0.828. The predicted molar refractivity (Wildman–Crippen MR) is 65.0 cm³/mol. The van der Waals surface area contributed by atoms with Gasteiger partial charge >= 0.3 is 0 Å². The normalized spacial score (nSPS) is 10.3. The zero-order valence-electron chi connectivity index (χ0n) is 10.0. The average Bonchev–Trinajstić information content (AvgIpc) is 2.62. The lowest BCUT2D eigenvalue weighted by Crippen LogP contribution is -2.13. The molecule has 2 rings (SSSR count). The Morgan fingerprint density at radius 1 is 1.29 bits per heavy atom. The van der Waals surface area contributed by atoms with Crippen molar-refractivity contribution in [1.29, 1.82) is 0 Å². The summed E-state index contributed by atoms with van der Waals surface area (Å²) in [6, 6.07) is 3.55. The zero-order chi connectivity index (χ0) is 12.4. The molecule has 0 fully saturated rings. The molecule has 0 atom stereocenters. The van der Waals surface area contributed by atoms with Gasteiger partial charge in [0, 0.05) is 23.1 Å². The van der Waals surface area contributed by atoms with E-state index in [0.717, 1.165) is 17.0 Å². The SMILES string of the molecule is Cc1ccc(C(=O)Nc2n[nH]c(C)c2C)cn1. The molecule has 0 bridgehead atoms. The number of aromatic nitrogens is 3. The summed E-state index contributed by atoms with van der Waals surface area (Å²) in [7, 11) is 0. The first-order chi connectivity index (χ1) is 8.08. The molecule has 5 nitrogen and oxygen atoms in total. The highest BCUT2D eigenvalue weighted by Gasteiger charge is 2.11. The van der Waals surface area contributed by atoms with Crippen LogP contribution in [0.1, 0.15) is 27.3 Å². The van der Waals surface area contributed by atoms with Crippen LogP contribution < -0.4 is 5.32 Å². The van der Waals surface area contributed by atoms with Gasteiger partial charge in [0.15, 0.2) is 5.82 Å². The van der Waals surface area contributed by atoms with Gasteiger partial charge in [-0.2, -0.15) is 5.10 Å². The highest BCUT2D eigenvalue weighted by molar-refractivity contribution is 6.03. The number of nitrogens with one attached hydrogen (secondary N) is 2. The summed E-state index contributed by atoms with van der Waals surface area (Å²) < 4.78 is 0. The Labute approximate surface area is 99.3 Å². The number of carbonyl (C=O) groups is 1. The maximum Gasteiger partial charge on any atom is 0.258 e. The van der Waals surface area contributed by atoms with Crippen LogP contribution in [0.2, 0.25) is 0 Å². The van der Waals surface area contributed by atoms with E-state index in [9.17, 15) is 4.79 Å². The van der Waals surface area contributed by atoms with Crippen molar-refractivity contribution in [2.75, 3.05) is 5.32 Å². The van der Waals surface area contributed by atoms with Crippen LogP contribution in [0.15, 0.2) is 18.3 Å². The number of anilines is 1. The fourth-order valence-corrected chi connectivity index (χ4v) is 1.39. The Morgan fingerprint density at radius 3 is 2.59 bits per heavy atom. The fraction of sp³-hybridized carbons (Fsp3) is 0.250. The highest BCUT2D eigenvalue weighted by Crippen LogP contribution is 2.14. The molecule has 0 radical (unpaired) electrons. The molecule has 0 aliphatic heterocycles. The number of amides is 1. The van der Waals surface area contributed by atoms with Crippen molar-refractivity contribution in [3.8, 4) is 0 Å². The Hall–Kier alpha value is -2.17. The number of hydrogen-bond donors (Lipinski definition) is 2. The van der Waals surface area contributed by atoms with Crippen molar-refractivity contribution < 1.29 is 4.79 Å². The van der Waals surface area contributed by atoms with Crippen molar-refractivity contribution in [2.24, 2.45) is 0 Å². The van der Waals surface area contributed by atoms with Crippen LogP contribution >= 0.6 is 0 Å². The molecule has 1 amide bonds. The number of rotatable bonds is 2. The van der Waals surface area contributed by atoms with E-state index in [1.807, 2.05) is 20.8 Å². The fourth-order valence-electron chi connectivity index (χ4n) is 1.39. The minimum atomic E-state index is -0.202. The number of aryl methyl sites for hydroxylation is 2. The van der Waals surface area contributed by atoms with Crippen molar-refractivity contribution in [3.05, 3.63) is 40.8 Å². The monoisotopic (exact) mass is 230 g/mol. The molecule has 5 heteroatoms. The largest absolute Gasteiger partial charge is 0.305 e. The summed E-state index contributed by atoms with van der Waals surface area (Å²) >= 11 is 0. The molecular formula is C12H14N4O. The van der Waals surface area contributed by atoms with Gasteiger partial charge < -0.3 is 5.32 Å². The summed E-state index contributed by atoms with van der Waals surface area (Å²) in [5, 5.41) is 9.59. The van der Waals surface area contributed by atoms with E-state index < -0.39 is 0 Å². The Balaban J connectivity index is 2.17. The number of aromatic amines is 1. The van der Waals surface area contributed by atoms with Gasteiger partial charge in [-0.25, -0.2) is 0 Å². The van der Waals surface area contributed by atoms with Crippen LogP contribution in [0.4, 0.5) is 5.82 Å². The molecular weight excluding hydrogens is 216 g/mol. The van der Waals surface area contributed by atoms with Crippen LogP contribution in [0, 0.1) is 20.8 Å². The zero-order valence-corrected chi connectivity index (χ0v) is 10.0. The third-order valence-corrected chi connectivity index (χ3v) is 2.66. The first-order valence-corrected chi connectivity index (χ1v) is 5.33. The van der Waals surface area contributed by atoms with Gasteiger partial charge in [-0.1, -0.05) is 0 Å². The van der Waals surface area contributed by atoms with E-state index in [4.69, 9.17) is 0 Å². The van der Waals surface area contributed by atoms with Crippen molar-refractivity contribution >= 4 is 11.7 Å². The van der Waals surface area contributed by atoms with Gasteiger partial charge in [0.05, 0.1) is 5.56 Å². The Bertz CT molecular complexity index is 542. The topological polar surface area (TPSA) is 70.7 Å². The number of nitrogens with zero attached hydrogens (tertiary/aromatic N) is 2. The van der Waals surface area contributed by atoms with Gasteiger partial charge in [-0.05, 0) is 32.9 Å².